The van der Waals surface area contributed by atoms with Crippen LogP contribution in [0.25, 0.3) is 0 Å². The molecule has 1 fully saturated rings. The molecule has 1 saturated heterocycles. The fourth-order valence-corrected chi connectivity index (χ4v) is 1.45. The molecule has 0 aromatic rings. The molecule has 1 rings (SSSR count). The number of aliphatic hydroxyl groups excluding tert-OH is 1. The molecule has 0 bridgehead atoms. The fourth-order valence-electron chi connectivity index (χ4n) is 1.45. The first kappa shape index (κ1) is 31.0. The summed E-state index contributed by atoms with van der Waals surface area (Å²) < 4.78 is 0. The van der Waals surface area contributed by atoms with Gasteiger partial charge in [0.25, 0.3) is 0 Å². The lowest BCUT2D eigenvalue weighted by molar-refractivity contribution is -0.0979. The van der Waals surface area contributed by atoms with Gasteiger partial charge in [0.15, 0.2) is 0 Å². The molecule has 0 saturated carbocycles. The van der Waals surface area contributed by atoms with Gasteiger partial charge in [0, 0.05) is 13.2 Å². The van der Waals surface area contributed by atoms with E-state index < -0.39 is 0 Å². The van der Waals surface area contributed by atoms with Crippen molar-refractivity contribution in [3.63, 3.8) is 0 Å². The van der Waals surface area contributed by atoms with E-state index in [1.54, 1.807) is 0 Å². The summed E-state index contributed by atoms with van der Waals surface area (Å²) in [6.07, 6.45) is 6.96. The van der Waals surface area contributed by atoms with Crippen LogP contribution >= 0.6 is 0 Å². The monoisotopic (exact) mass is 277 g/mol. The lowest BCUT2D eigenvalue weighted by Crippen LogP contribution is -2.20. The molecule has 19 heavy (non-hydrogen) atoms. The van der Waals surface area contributed by atoms with Crippen molar-refractivity contribution in [1.29, 1.82) is 0 Å². The highest BCUT2D eigenvalue weighted by Crippen LogP contribution is 2.11. The first-order valence-corrected chi connectivity index (χ1v) is 7.40. The number of nitrogens with one attached hydrogen (secondary N) is 1. The molecule has 2 N–H and O–H groups in total. The number of carbonyl (C=O) groups excluding carboxylic acids is 1. The summed E-state index contributed by atoms with van der Waals surface area (Å²) >= 11 is 0. The van der Waals surface area contributed by atoms with Crippen molar-refractivity contribution in [1.82, 2.24) is 5.32 Å². The van der Waals surface area contributed by atoms with Crippen molar-refractivity contribution in [3.05, 3.63) is 13.2 Å². The Morgan fingerprint density at radius 2 is 1.53 bits per heavy atom. The number of aliphatic hydroxyl groups is 1. The SMILES string of the molecule is C=C.C=O.CC.CC.CCCCC1CCCN1.CO. The summed E-state index contributed by atoms with van der Waals surface area (Å²) in [6.45, 7) is 19.5. The molecule has 1 aliphatic rings. The van der Waals surface area contributed by atoms with Gasteiger partial charge >= 0.3 is 0 Å². The average Bonchev–Trinajstić information content (AvgIpc) is 3.08. The highest BCUT2D eigenvalue weighted by atomic mass is 16.2. The lowest BCUT2D eigenvalue weighted by atomic mass is 10.1. The fraction of sp³-hybridized carbons (Fsp3) is 0.812. The molecule has 0 spiro atoms. The summed E-state index contributed by atoms with van der Waals surface area (Å²) in [4.78, 5) is 8.00. The van der Waals surface area contributed by atoms with Gasteiger partial charge in [-0.2, -0.15) is 0 Å². The van der Waals surface area contributed by atoms with E-state index in [2.05, 4.69) is 25.4 Å². The molecule has 1 unspecified atom stereocenters. The van der Waals surface area contributed by atoms with Crippen LogP contribution in [-0.4, -0.2) is 31.6 Å². The van der Waals surface area contributed by atoms with Gasteiger partial charge in [-0.1, -0.05) is 47.5 Å². The van der Waals surface area contributed by atoms with Crippen molar-refractivity contribution in [2.45, 2.75) is 72.8 Å². The van der Waals surface area contributed by atoms with Crippen molar-refractivity contribution >= 4 is 6.79 Å². The molecule has 120 valence electrons. The third kappa shape index (κ3) is 38.2. The number of unbranched alkanes of at least 4 members (excludes halogenated alkanes) is 1. The zero-order valence-electron chi connectivity index (χ0n) is 14.3. The molecule has 1 heterocycles. The minimum Gasteiger partial charge on any atom is -0.400 e. The minimum atomic E-state index is 0.866. The third-order valence-electron chi connectivity index (χ3n) is 2.07. The van der Waals surface area contributed by atoms with Crippen LogP contribution in [0.2, 0.25) is 0 Å². The number of carbonyl (C=O) groups is 1. The summed E-state index contributed by atoms with van der Waals surface area (Å²) in [5, 5.41) is 10.5. The molecular formula is C16H39NO2. The molecule has 0 amide bonds. The van der Waals surface area contributed by atoms with Gasteiger partial charge in [0.1, 0.15) is 6.79 Å². The second-order valence-corrected chi connectivity index (χ2v) is 2.94. The topological polar surface area (TPSA) is 49.3 Å². The lowest BCUT2D eigenvalue weighted by Gasteiger charge is -2.06. The Labute approximate surface area is 122 Å². The molecule has 0 aromatic heterocycles. The standard InChI is InChI=1S/C8H17N.2C2H6.C2H4.CH4O.CH2O/c1-2-3-5-8-6-4-7-9-8;5*1-2/h8-9H,2-7H2,1H3;2*1-2H3;1-2H2;2H,1H3;1H2. The van der Waals surface area contributed by atoms with Crippen molar-refractivity contribution in [2.75, 3.05) is 13.7 Å². The molecule has 3 heteroatoms. The predicted molar refractivity (Wildman–Crippen MR) is 89.8 cm³/mol. The van der Waals surface area contributed by atoms with Crippen LogP contribution in [0.4, 0.5) is 0 Å². The molecule has 1 atom stereocenters. The van der Waals surface area contributed by atoms with E-state index in [4.69, 9.17) is 9.90 Å². The van der Waals surface area contributed by atoms with Crippen LogP contribution in [-0.2, 0) is 4.79 Å². The van der Waals surface area contributed by atoms with Gasteiger partial charge < -0.3 is 15.2 Å². The second kappa shape index (κ2) is 53.1. The second-order valence-electron chi connectivity index (χ2n) is 2.94. The molecule has 3 nitrogen and oxygen atoms in total. The van der Waals surface area contributed by atoms with Crippen molar-refractivity contribution < 1.29 is 9.90 Å². The third-order valence-corrected chi connectivity index (χ3v) is 2.07. The maximum absolute atomic E-state index is 8.00. The van der Waals surface area contributed by atoms with E-state index >= 15 is 0 Å². The van der Waals surface area contributed by atoms with Crippen LogP contribution in [0.5, 0.6) is 0 Å². The molecular weight excluding hydrogens is 238 g/mol. The average molecular weight is 277 g/mol. The van der Waals surface area contributed by atoms with Gasteiger partial charge in [-0.05, 0) is 25.8 Å². The number of hydrogen-bond acceptors (Lipinski definition) is 3. The summed E-state index contributed by atoms with van der Waals surface area (Å²) in [6, 6.07) is 0.866. The van der Waals surface area contributed by atoms with E-state index in [1.165, 1.54) is 38.6 Å². The maximum Gasteiger partial charge on any atom is 0.106 e. The number of rotatable bonds is 3. The zero-order chi connectivity index (χ0) is 16.5. The predicted octanol–water partition coefficient (Wildman–Crippen LogP) is 4.21. The van der Waals surface area contributed by atoms with E-state index in [1.807, 2.05) is 34.5 Å². The summed E-state index contributed by atoms with van der Waals surface area (Å²) in [5.74, 6) is 0. The van der Waals surface area contributed by atoms with Gasteiger partial charge in [0.05, 0.1) is 0 Å². The molecule has 0 radical (unpaired) electrons. The van der Waals surface area contributed by atoms with Gasteiger partial charge in [-0.15, -0.1) is 13.2 Å². The Morgan fingerprint density at radius 3 is 1.79 bits per heavy atom. The Balaban J connectivity index is -0.0000000557. The Kier molecular flexibility index (Phi) is 86.6. The highest BCUT2D eigenvalue weighted by molar-refractivity contribution is 5.10. The smallest absolute Gasteiger partial charge is 0.106 e. The highest BCUT2D eigenvalue weighted by Gasteiger charge is 2.11. The van der Waals surface area contributed by atoms with Crippen LogP contribution < -0.4 is 5.32 Å². The summed E-state index contributed by atoms with van der Waals surface area (Å²) in [5.41, 5.74) is 0. The Hall–Kier alpha value is -0.670. The van der Waals surface area contributed by atoms with Gasteiger partial charge in [0.2, 0.25) is 0 Å². The Bertz CT molecular complexity index is 92.7. The Morgan fingerprint density at radius 1 is 1.11 bits per heavy atom. The molecule has 1 aliphatic heterocycles. The van der Waals surface area contributed by atoms with Crippen molar-refractivity contribution in [2.24, 2.45) is 0 Å². The molecule has 0 aliphatic carbocycles. The number of hydrogen-bond donors (Lipinski definition) is 2. The largest absolute Gasteiger partial charge is 0.400 e. The van der Waals surface area contributed by atoms with E-state index in [0.717, 1.165) is 13.2 Å². The van der Waals surface area contributed by atoms with Crippen molar-refractivity contribution in [3.8, 4) is 0 Å². The van der Waals surface area contributed by atoms with E-state index in [-0.39, 0.29) is 0 Å². The van der Waals surface area contributed by atoms with Gasteiger partial charge in [-0.25, -0.2) is 0 Å². The van der Waals surface area contributed by atoms with Crippen LogP contribution in [0.1, 0.15) is 66.7 Å². The van der Waals surface area contributed by atoms with Crippen LogP contribution in [0.15, 0.2) is 13.2 Å². The van der Waals surface area contributed by atoms with E-state index in [9.17, 15) is 0 Å². The molecule has 0 aromatic carbocycles. The summed E-state index contributed by atoms with van der Waals surface area (Å²) in [7, 11) is 1.00. The first-order valence-electron chi connectivity index (χ1n) is 7.40. The van der Waals surface area contributed by atoms with Gasteiger partial charge in [-0.3, -0.25) is 0 Å². The first-order chi connectivity index (χ1) is 9.43. The maximum atomic E-state index is 8.00. The zero-order valence-corrected chi connectivity index (χ0v) is 14.3. The normalized spacial score (nSPS) is 14.2. The minimum absolute atomic E-state index is 0.866. The van der Waals surface area contributed by atoms with E-state index in [0.29, 0.717) is 0 Å². The van der Waals surface area contributed by atoms with Crippen LogP contribution in [0, 0.1) is 0 Å². The quantitative estimate of drug-likeness (QED) is 0.760. The van der Waals surface area contributed by atoms with Crippen LogP contribution in [0.3, 0.4) is 0 Å².